The highest BCUT2D eigenvalue weighted by Crippen LogP contribution is 2.31. The molecule has 3 N–H and O–H groups in total. The third-order valence-corrected chi connectivity index (χ3v) is 3.98. The Morgan fingerprint density at radius 2 is 2.00 bits per heavy atom. The van der Waals surface area contributed by atoms with Crippen LogP contribution >= 0.6 is 22.6 Å². The molecular weight excluding hydrogens is 381 g/mol. The number of carbonyl (C=O) groups is 1. The van der Waals surface area contributed by atoms with Gasteiger partial charge in [0.05, 0.1) is 17.9 Å². The fraction of sp³-hybridized carbons (Fsp3) is 0.188. The lowest BCUT2D eigenvalue weighted by Crippen LogP contribution is -2.10. The quantitative estimate of drug-likeness (QED) is 0.473. The molecule has 0 amide bonds. The van der Waals surface area contributed by atoms with E-state index in [1.807, 2.05) is 52.9 Å². The third-order valence-electron chi connectivity index (χ3n) is 3.08. The van der Waals surface area contributed by atoms with Crippen molar-refractivity contribution < 1.29 is 14.6 Å². The number of carbonyl (C=O) groups excluding carboxylic acids is 1. The topological polar surface area (TPSA) is 72.5 Å². The van der Waals surface area contributed by atoms with Crippen LogP contribution in [0.5, 0.6) is 0 Å². The van der Waals surface area contributed by atoms with E-state index in [0.29, 0.717) is 27.0 Å². The first-order valence-corrected chi connectivity index (χ1v) is 7.61. The summed E-state index contributed by atoms with van der Waals surface area (Å²) in [5, 5.41) is 10.5. The van der Waals surface area contributed by atoms with E-state index in [1.54, 1.807) is 19.1 Å². The van der Waals surface area contributed by atoms with Crippen LogP contribution in [-0.4, -0.2) is 17.7 Å². The normalized spacial score (nSPS) is 12.0. The van der Waals surface area contributed by atoms with Crippen LogP contribution in [-0.2, 0) is 4.74 Å². The number of aliphatic hydroxyl groups is 1. The van der Waals surface area contributed by atoms with Crippen molar-refractivity contribution in [2.45, 2.75) is 13.0 Å². The zero-order chi connectivity index (χ0) is 15.4. The Kier molecular flexibility index (Phi) is 5.19. The number of hydrogen-bond donors (Lipinski definition) is 2. The van der Waals surface area contributed by atoms with E-state index < -0.39 is 12.1 Å². The second-order valence-corrected chi connectivity index (χ2v) is 5.66. The summed E-state index contributed by atoms with van der Waals surface area (Å²) < 4.78 is 5.71. The molecule has 2 rings (SSSR count). The molecule has 0 aliphatic rings. The van der Waals surface area contributed by atoms with E-state index in [9.17, 15) is 9.90 Å². The zero-order valence-electron chi connectivity index (χ0n) is 11.5. The summed E-state index contributed by atoms with van der Waals surface area (Å²) in [5.74, 6) is -0.420. The third kappa shape index (κ3) is 3.54. The van der Waals surface area contributed by atoms with Gasteiger partial charge in [-0.15, -0.1) is 0 Å². The number of nitrogen functional groups attached to an aromatic ring is 1. The average molecular weight is 397 g/mol. The second-order valence-electron chi connectivity index (χ2n) is 4.49. The van der Waals surface area contributed by atoms with Gasteiger partial charge in [0.2, 0.25) is 0 Å². The van der Waals surface area contributed by atoms with E-state index in [-0.39, 0.29) is 0 Å². The molecule has 5 heteroatoms. The van der Waals surface area contributed by atoms with Crippen molar-refractivity contribution in [3.05, 3.63) is 62.7 Å². The van der Waals surface area contributed by atoms with Crippen LogP contribution in [0.1, 0.15) is 34.5 Å². The Labute approximate surface area is 137 Å². The number of hydrogen-bond acceptors (Lipinski definition) is 4. The van der Waals surface area contributed by atoms with Crippen LogP contribution in [0.15, 0.2) is 42.5 Å². The molecule has 110 valence electrons. The average Bonchev–Trinajstić information content (AvgIpc) is 2.50. The summed E-state index contributed by atoms with van der Waals surface area (Å²) in [6, 6.07) is 12.4. The fourth-order valence-corrected chi connectivity index (χ4v) is 2.66. The van der Waals surface area contributed by atoms with Gasteiger partial charge in [-0.2, -0.15) is 0 Å². The summed E-state index contributed by atoms with van der Waals surface area (Å²) in [6.45, 7) is 2.05. The van der Waals surface area contributed by atoms with Crippen LogP contribution in [0.3, 0.4) is 0 Å². The van der Waals surface area contributed by atoms with Crippen molar-refractivity contribution in [1.29, 1.82) is 0 Å². The maximum Gasteiger partial charge on any atom is 0.338 e. The number of halogens is 1. The van der Waals surface area contributed by atoms with E-state index in [0.717, 1.165) is 5.56 Å². The molecule has 4 nitrogen and oxygen atoms in total. The van der Waals surface area contributed by atoms with Gasteiger partial charge < -0.3 is 15.6 Å². The molecule has 1 unspecified atom stereocenters. The van der Waals surface area contributed by atoms with Gasteiger partial charge >= 0.3 is 5.97 Å². The zero-order valence-corrected chi connectivity index (χ0v) is 13.7. The molecule has 0 aliphatic heterocycles. The number of esters is 1. The smallest absolute Gasteiger partial charge is 0.338 e. The van der Waals surface area contributed by atoms with Crippen LogP contribution in [0.4, 0.5) is 5.69 Å². The van der Waals surface area contributed by atoms with Gasteiger partial charge in [-0.3, -0.25) is 0 Å². The number of nitrogens with two attached hydrogens (primary N) is 1. The van der Waals surface area contributed by atoms with Crippen molar-refractivity contribution in [3.63, 3.8) is 0 Å². The number of anilines is 1. The summed E-state index contributed by atoms with van der Waals surface area (Å²) in [5.41, 5.74) is 8.14. The summed E-state index contributed by atoms with van der Waals surface area (Å²) in [6.07, 6.45) is -0.880. The van der Waals surface area contributed by atoms with E-state index in [2.05, 4.69) is 0 Å². The minimum atomic E-state index is -0.880. The van der Waals surface area contributed by atoms with Gasteiger partial charge in [0.15, 0.2) is 0 Å². The molecule has 0 fully saturated rings. The number of rotatable bonds is 4. The summed E-state index contributed by atoms with van der Waals surface area (Å²) in [4.78, 5) is 11.9. The Morgan fingerprint density at radius 3 is 2.62 bits per heavy atom. The molecule has 21 heavy (non-hydrogen) atoms. The maximum atomic E-state index is 11.9. The predicted molar refractivity (Wildman–Crippen MR) is 90.0 cm³/mol. The van der Waals surface area contributed by atoms with Crippen molar-refractivity contribution >= 4 is 34.2 Å². The molecule has 2 aromatic carbocycles. The van der Waals surface area contributed by atoms with Crippen LogP contribution in [0.2, 0.25) is 0 Å². The monoisotopic (exact) mass is 397 g/mol. The first kappa shape index (κ1) is 15.8. The molecule has 0 radical (unpaired) electrons. The molecule has 0 aliphatic carbocycles. The summed E-state index contributed by atoms with van der Waals surface area (Å²) in [7, 11) is 0. The van der Waals surface area contributed by atoms with Crippen molar-refractivity contribution in [2.24, 2.45) is 0 Å². The van der Waals surface area contributed by atoms with Gasteiger partial charge in [-0.1, -0.05) is 30.3 Å². The minimum Gasteiger partial charge on any atom is -0.462 e. The number of aliphatic hydroxyl groups excluding tert-OH is 1. The number of benzene rings is 2. The molecule has 1 atom stereocenters. The van der Waals surface area contributed by atoms with Crippen LogP contribution < -0.4 is 5.73 Å². The van der Waals surface area contributed by atoms with Gasteiger partial charge in [-0.25, -0.2) is 4.79 Å². The van der Waals surface area contributed by atoms with E-state index in [4.69, 9.17) is 10.5 Å². The maximum absolute atomic E-state index is 11.9. The standard InChI is InChI=1S/C16H16INO3/c1-2-21-16(20)11-8-12(14(18)13(17)9-11)15(19)10-6-4-3-5-7-10/h3-9,15,19H,2,18H2,1H3. The Morgan fingerprint density at radius 1 is 1.33 bits per heavy atom. The molecule has 0 spiro atoms. The highest BCUT2D eigenvalue weighted by Gasteiger charge is 2.19. The SMILES string of the molecule is CCOC(=O)c1cc(I)c(N)c(C(O)c2ccccc2)c1. The Balaban J connectivity index is 2.45. The van der Waals surface area contributed by atoms with Crippen LogP contribution in [0.25, 0.3) is 0 Å². The van der Waals surface area contributed by atoms with Gasteiger partial charge in [0.25, 0.3) is 0 Å². The fourth-order valence-electron chi connectivity index (χ4n) is 2.01. The molecule has 0 heterocycles. The van der Waals surface area contributed by atoms with Crippen molar-refractivity contribution in [3.8, 4) is 0 Å². The molecule has 0 bridgehead atoms. The first-order chi connectivity index (χ1) is 10.0. The molecular formula is C16H16INO3. The van der Waals surface area contributed by atoms with E-state index in [1.165, 1.54) is 0 Å². The summed E-state index contributed by atoms with van der Waals surface area (Å²) >= 11 is 2.05. The van der Waals surface area contributed by atoms with Crippen molar-refractivity contribution in [1.82, 2.24) is 0 Å². The van der Waals surface area contributed by atoms with Gasteiger partial charge in [0, 0.05) is 9.13 Å². The highest BCUT2D eigenvalue weighted by atomic mass is 127. The largest absolute Gasteiger partial charge is 0.462 e. The van der Waals surface area contributed by atoms with Gasteiger partial charge in [0.1, 0.15) is 6.10 Å². The lowest BCUT2D eigenvalue weighted by molar-refractivity contribution is 0.0526. The molecule has 0 saturated heterocycles. The lowest BCUT2D eigenvalue weighted by Gasteiger charge is -2.16. The molecule has 0 saturated carbocycles. The Hall–Kier alpha value is -1.60. The molecule has 2 aromatic rings. The Bertz CT molecular complexity index is 643. The first-order valence-electron chi connectivity index (χ1n) is 6.53. The van der Waals surface area contributed by atoms with E-state index >= 15 is 0 Å². The number of ether oxygens (including phenoxy) is 1. The van der Waals surface area contributed by atoms with Crippen LogP contribution in [0, 0.1) is 3.57 Å². The minimum absolute atomic E-state index is 0.302. The lowest BCUT2D eigenvalue weighted by atomic mass is 9.98. The van der Waals surface area contributed by atoms with Crippen molar-refractivity contribution in [2.75, 3.05) is 12.3 Å². The predicted octanol–water partition coefficient (Wildman–Crippen LogP) is 3.13. The second kappa shape index (κ2) is 6.91. The highest BCUT2D eigenvalue weighted by molar-refractivity contribution is 14.1. The van der Waals surface area contributed by atoms with Gasteiger partial charge in [-0.05, 0) is 47.2 Å². The molecule has 0 aromatic heterocycles.